The predicted octanol–water partition coefficient (Wildman–Crippen LogP) is 8.44. The third kappa shape index (κ3) is 27.4. The molecule has 6 unspecified atom stereocenters. The van der Waals surface area contributed by atoms with Gasteiger partial charge in [-0.25, -0.2) is 0 Å². The summed E-state index contributed by atoms with van der Waals surface area (Å²) in [5, 5.41) is 40.0. The molecule has 55 heavy (non-hydrogen) atoms. The lowest BCUT2D eigenvalue weighted by Crippen LogP contribution is -2.59. The summed E-state index contributed by atoms with van der Waals surface area (Å²) in [7, 11) is 0. The van der Waals surface area contributed by atoms with E-state index in [0.29, 0.717) is 12.8 Å². The molecule has 0 spiro atoms. The lowest BCUT2D eigenvalue weighted by atomic mass is 9.99. The van der Waals surface area contributed by atoms with E-state index in [4.69, 9.17) is 18.9 Å². The van der Waals surface area contributed by atoms with Crippen molar-refractivity contribution in [3.63, 3.8) is 0 Å². The summed E-state index contributed by atoms with van der Waals surface area (Å²) in [4.78, 5) is 25.3. The van der Waals surface area contributed by atoms with E-state index in [9.17, 15) is 30.0 Å². The molecular weight excluding hydrogens is 700 g/mol. The third-order valence-electron chi connectivity index (χ3n) is 9.09. The number of carbonyl (C=O) groups is 2. The Hall–Kier alpha value is -2.86. The van der Waals surface area contributed by atoms with E-state index in [1.165, 1.54) is 0 Å². The zero-order valence-electron chi connectivity index (χ0n) is 33.9. The van der Waals surface area contributed by atoms with E-state index < -0.39 is 55.4 Å². The first-order valence-electron chi connectivity index (χ1n) is 21.0. The third-order valence-corrected chi connectivity index (χ3v) is 9.09. The summed E-state index contributed by atoms with van der Waals surface area (Å²) < 4.78 is 22.1. The van der Waals surface area contributed by atoms with E-state index in [-0.39, 0.29) is 26.1 Å². The maximum atomic E-state index is 12.7. The molecule has 1 saturated heterocycles. The Kier molecular flexibility index (Phi) is 32.4. The van der Waals surface area contributed by atoms with Gasteiger partial charge in [0.25, 0.3) is 0 Å². The molecule has 1 aliphatic heterocycles. The van der Waals surface area contributed by atoms with Crippen LogP contribution in [0.15, 0.2) is 72.9 Å². The molecule has 1 fully saturated rings. The number of esters is 2. The van der Waals surface area contributed by atoms with Gasteiger partial charge in [-0.2, -0.15) is 0 Å². The Bertz CT molecular complexity index is 1120. The molecule has 0 aliphatic carbocycles. The topological polar surface area (TPSA) is 152 Å². The van der Waals surface area contributed by atoms with Gasteiger partial charge in [-0.1, -0.05) is 125 Å². The van der Waals surface area contributed by atoms with Crippen LogP contribution in [-0.4, -0.2) is 89.0 Å². The van der Waals surface area contributed by atoms with Crippen LogP contribution >= 0.6 is 0 Å². The van der Waals surface area contributed by atoms with Gasteiger partial charge < -0.3 is 39.4 Å². The molecule has 0 aromatic heterocycles. The molecule has 0 aromatic rings. The molecule has 314 valence electrons. The Morgan fingerprint density at radius 2 is 1.02 bits per heavy atom. The fourth-order valence-electron chi connectivity index (χ4n) is 5.80. The summed E-state index contributed by atoms with van der Waals surface area (Å²) >= 11 is 0. The second-order valence-corrected chi connectivity index (χ2v) is 14.0. The van der Waals surface area contributed by atoms with Crippen LogP contribution in [0.2, 0.25) is 0 Å². The highest BCUT2D eigenvalue weighted by Gasteiger charge is 2.44. The summed E-state index contributed by atoms with van der Waals surface area (Å²) in [6.07, 6.45) is 36.2. The van der Waals surface area contributed by atoms with Crippen molar-refractivity contribution in [2.45, 2.75) is 179 Å². The molecule has 0 bridgehead atoms. The lowest BCUT2D eigenvalue weighted by molar-refractivity contribution is -0.305. The van der Waals surface area contributed by atoms with Crippen LogP contribution in [-0.2, 0) is 28.5 Å². The van der Waals surface area contributed by atoms with Crippen LogP contribution in [0.1, 0.15) is 142 Å². The Morgan fingerprint density at radius 3 is 1.53 bits per heavy atom. The molecule has 1 rings (SSSR count). The van der Waals surface area contributed by atoms with Crippen LogP contribution in [0.3, 0.4) is 0 Å². The van der Waals surface area contributed by atoms with Gasteiger partial charge >= 0.3 is 11.9 Å². The molecule has 1 aliphatic rings. The monoisotopic (exact) mass is 775 g/mol. The molecule has 0 radical (unpaired) electrons. The van der Waals surface area contributed by atoms with E-state index in [1.54, 1.807) is 0 Å². The number of aliphatic hydroxyl groups is 4. The van der Waals surface area contributed by atoms with Gasteiger partial charge in [-0.3, -0.25) is 9.59 Å². The highest BCUT2D eigenvalue weighted by atomic mass is 16.7. The molecule has 0 amide bonds. The van der Waals surface area contributed by atoms with Crippen LogP contribution in [0, 0.1) is 0 Å². The van der Waals surface area contributed by atoms with E-state index in [2.05, 4.69) is 86.8 Å². The number of hydrogen-bond acceptors (Lipinski definition) is 10. The SMILES string of the molecule is CCC=CCC=CCC=CCCCCCCCC(=O)OCC(COC1OC(CO)C(O)C(O)C1O)OC(=O)CCCCCCCC=CCC=CCC=CCC. The maximum absolute atomic E-state index is 12.7. The van der Waals surface area contributed by atoms with Gasteiger partial charge in [0, 0.05) is 12.8 Å². The van der Waals surface area contributed by atoms with Crippen molar-refractivity contribution < 1.29 is 49.0 Å². The van der Waals surface area contributed by atoms with Crippen molar-refractivity contribution in [2.75, 3.05) is 19.8 Å². The van der Waals surface area contributed by atoms with Crippen molar-refractivity contribution >= 4 is 11.9 Å². The number of rotatable bonds is 33. The molecule has 1 heterocycles. The summed E-state index contributed by atoms with van der Waals surface area (Å²) in [5.74, 6) is -0.855. The zero-order valence-corrected chi connectivity index (χ0v) is 33.9. The first-order valence-corrected chi connectivity index (χ1v) is 21.0. The fourth-order valence-corrected chi connectivity index (χ4v) is 5.80. The average Bonchev–Trinajstić information content (AvgIpc) is 3.18. The smallest absolute Gasteiger partial charge is 0.306 e. The quantitative estimate of drug-likeness (QED) is 0.0291. The van der Waals surface area contributed by atoms with Crippen molar-refractivity contribution in [1.82, 2.24) is 0 Å². The number of ether oxygens (including phenoxy) is 4. The number of hydrogen-bond donors (Lipinski definition) is 4. The van der Waals surface area contributed by atoms with Gasteiger partial charge in [0.1, 0.15) is 31.0 Å². The van der Waals surface area contributed by atoms with Crippen LogP contribution in [0.25, 0.3) is 0 Å². The minimum atomic E-state index is -1.60. The van der Waals surface area contributed by atoms with Crippen molar-refractivity contribution in [1.29, 1.82) is 0 Å². The molecule has 10 nitrogen and oxygen atoms in total. The molecule has 4 N–H and O–H groups in total. The molecule has 6 atom stereocenters. The lowest BCUT2D eigenvalue weighted by Gasteiger charge is -2.39. The largest absolute Gasteiger partial charge is 0.462 e. The standard InChI is InChI=1S/C45H74O10/c1-3-5-7-9-11-13-15-17-19-21-23-25-27-29-31-33-40(47)52-36-38(37-53-45-44(51)43(50)42(49)39(35-46)55-45)54-41(48)34-32-30-28-26-24-22-20-18-16-14-12-10-8-6-4-2/h5-8,11-14,17-20,38-39,42-46,49-51H,3-4,9-10,15-16,21-37H2,1-2H3. The van der Waals surface area contributed by atoms with Gasteiger partial charge in [-0.05, 0) is 77.0 Å². The zero-order chi connectivity index (χ0) is 40.2. The summed E-state index contributed by atoms with van der Waals surface area (Å²) in [6, 6.07) is 0. The second kappa shape index (κ2) is 35.5. The summed E-state index contributed by atoms with van der Waals surface area (Å²) in [6.45, 7) is 3.14. The van der Waals surface area contributed by atoms with Crippen molar-refractivity contribution in [3.8, 4) is 0 Å². The number of aliphatic hydroxyl groups excluding tert-OH is 4. The van der Waals surface area contributed by atoms with E-state index in [1.807, 2.05) is 0 Å². The van der Waals surface area contributed by atoms with Crippen molar-refractivity contribution in [3.05, 3.63) is 72.9 Å². The van der Waals surface area contributed by atoms with Crippen LogP contribution in [0.4, 0.5) is 0 Å². The first-order chi connectivity index (χ1) is 26.8. The Labute approximate surface area is 332 Å². The Morgan fingerprint density at radius 1 is 0.564 bits per heavy atom. The number of allylic oxidation sites excluding steroid dienone is 12. The molecule has 0 saturated carbocycles. The number of unbranched alkanes of at least 4 members (excludes halogenated alkanes) is 10. The number of carbonyl (C=O) groups excluding carboxylic acids is 2. The van der Waals surface area contributed by atoms with Gasteiger partial charge in [0.15, 0.2) is 12.4 Å². The van der Waals surface area contributed by atoms with Crippen LogP contribution < -0.4 is 0 Å². The molecular formula is C45H74O10. The predicted molar refractivity (Wildman–Crippen MR) is 219 cm³/mol. The summed E-state index contributed by atoms with van der Waals surface area (Å²) in [5.41, 5.74) is 0. The first kappa shape index (κ1) is 50.2. The second-order valence-electron chi connectivity index (χ2n) is 14.0. The van der Waals surface area contributed by atoms with Gasteiger partial charge in [0.2, 0.25) is 0 Å². The van der Waals surface area contributed by atoms with Gasteiger partial charge in [0.05, 0.1) is 13.2 Å². The van der Waals surface area contributed by atoms with Crippen molar-refractivity contribution in [2.24, 2.45) is 0 Å². The normalized spacial score (nSPS) is 21.3. The fraction of sp³-hybridized carbons (Fsp3) is 0.689. The molecule has 10 heteroatoms. The van der Waals surface area contributed by atoms with Crippen LogP contribution in [0.5, 0.6) is 0 Å². The maximum Gasteiger partial charge on any atom is 0.306 e. The molecule has 0 aromatic carbocycles. The van der Waals surface area contributed by atoms with Gasteiger partial charge in [-0.15, -0.1) is 0 Å². The highest BCUT2D eigenvalue weighted by Crippen LogP contribution is 2.22. The Balaban J connectivity index is 2.39. The van der Waals surface area contributed by atoms with E-state index >= 15 is 0 Å². The van der Waals surface area contributed by atoms with E-state index in [0.717, 1.165) is 103 Å². The minimum Gasteiger partial charge on any atom is -0.462 e. The highest BCUT2D eigenvalue weighted by molar-refractivity contribution is 5.70. The minimum absolute atomic E-state index is 0.202. The average molecular weight is 775 g/mol.